The minimum atomic E-state index is -1.25. The summed E-state index contributed by atoms with van der Waals surface area (Å²) in [5.74, 6) is 0.961. The van der Waals surface area contributed by atoms with Gasteiger partial charge in [-0.25, -0.2) is 0 Å². The third kappa shape index (κ3) is 3.19. The number of carbonyl (C=O) groups is 1. The third-order valence-electron chi connectivity index (χ3n) is 4.06. The van der Waals surface area contributed by atoms with Crippen molar-refractivity contribution in [2.45, 2.75) is 25.9 Å². The first-order valence-corrected chi connectivity index (χ1v) is 7.83. The van der Waals surface area contributed by atoms with Gasteiger partial charge in [0.05, 0.1) is 24.2 Å². The van der Waals surface area contributed by atoms with E-state index in [2.05, 4.69) is 10.4 Å². The van der Waals surface area contributed by atoms with Crippen molar-refractivity contribution >= 4 is 16.8 Å². The van der Waals surface area contributed by atoms with Crippen molar-refractivity contribution in [1.82, 2.24) is 15.1 Å². The fourth-order valence-electron chi connectivity index (χ4n) is 2.72. The van der Waals surface area contributed by atoms with Crippen LogP contribution in [0.25, 0.3) is 10.9 Å². The Balaban J connectivity index is 1.67. The molecule has 2 heterocycles. The van der Waals surface area contributed by atoms with Crippen LogP contribution in [0.5, 0.6) is 0 Å². The number of benzene rings is 1. The van der Waals surface area contributed by atoms with Gasteiger partial charge < -0.3 is 14.8 Å². The zero-order valence-electron chi connectivity index (χ0n) is 14.0. The van der Waals surface area contributed by atoms with E-state index in [1.165, 1.54) is 0 Å². The van der Waals surface area contributed by atoms with Crippen LogP contribution in [0.3, 0.4) is 0 Å². The van der Waals surface area contributed by atoms with Crippen molar-refractivity contribution < 1.29 is 14.3 Å². The average molecular weight is 327 g/mol. The highest BCUT2D eigenvalue weighted by Crippen LogP contribution is 2.22. The molecule has 0 saturated carbocycles. The molecule has 3 aromatic rings. The molecule has 24 heavy (non-hydrogen) atoms. The molecule has 126 valence electrons. The molecule has 3 rings (SSSR count). The molecule has 0 aliphatic carbocycles. The molecular weight excluding hydrogens is 306 g/mol. The fraction of sp³-hybridized carbons (Fsp3) is 0.333. The van der Waals surface area contributed by atoms with Crippen molar-refractivity contribution in [2.75, 3.05) is 6.54 Å². The Bertz CT molecular complexity index is 877. The quantitative estimate of drug-likeness (QED) is 0.751. The lowest BCUT2D eigenvalue weighted by atomic mass is 10.0. The monoisotopic (exact) mass is 327 g/mol. The first kappa shape index (κ1) is 16.3. The molecule has 1 atom stereocenters. The predicted octanol–water partition coefficient (Wildman–Crippen LogP) is 2.04. The second-order valence-electron chi connectivity index (χ2n) is 6.23. The normalized spacial score (nSPS) is 13.8. The van der Waals surface area contributed by atoms with Gasteiger partial charge >= 0.3 is 0 Å². The van der Waals surface area contributed by atoms with E-state index < -0.39 is 5.60 Å². The lowest BCUT2D eigenvalue weighted by Crippen LogP contribution is -2.39. The number of hydrogen-bond acceptors (Lipinski definition) is 4. The maximum Gasteiger partial charge on any atom is 0.226 e. The Hall–Kier alpha value is -2.60. The molecule has 6 nitrogen and oxygen atoms in total. The van der Waals surface area contributed by atoms with Gasteiger partial charge in [0, 0.05) is 12.4 Å². The van der Waals surface area contributed by atoms with E-state index in [-0.39, 0.29) is 18.9 Å². The van der Waals surface area contributed by atoms with Gasteiger partial charge in [-0.05, 0) is 32.0 Å². The highest BCUT2D eigenvalue weighted by atomic mass is 16.4. The van der Waals surface area contributed by atoms with Gasteiger partial charge in [-0.15, -0.1) is 0 Å². The summed E-state index contributed by atoms with van der Waals surface area (Å²) in [5.41, 5.74) is 0.452. The van der Waals surface area contributed by atoms with Crippen molar-refractivity contribution in [3.8, 4) is 0 Å². The van der Waals surface area contributed by atoms with Crippen LogP contribution in [0, 0.1) is 6.92 Å². The molecule has 2 aromatic heterocycles. The van der Waals surface area contributed by atoms with Crippen molar-refractivity contribution in [2.24, 2.45) is 7.05 Å². The topological polar surface area (TPSA) is 80.3 Å². The number of fused-ring (bicyclic) bond motifs is 1. The number of nitrogens with zero attached hydrogens (tertiary/aromatic N) is 2. The Morgan fingerprint density at radius 1 is 1.33 bits per heavy atom. The molecule has 1 unspecified atom stereocenters. The number of rotatable bonds is 5. The van der Waals surface area contributed by atoms with E-state index in [1.807, 2.05) is 38.2 Å². The second kappa shape index (κ2) is 6.13. The van der Waals surface area contributed by atoms with Gasteiger partial charge in [-0.1, -0.05) is 18.2 Å². The summed E-state index contributed by atoms with van der Waals surface area (Å²) < 4.78 is 7.21. The molecule has 2 N–H and O–H groups in total. The van der Waals surface area contributed by atoms with E-state index in [0.717, 1.165) is 22.4 Å². The number of aromatic nitrogens is 2. The number of nitrogens with one attached hydrogen (secondary N) is 1. The molecule has 0 aliphatic heterocycles. The molecule has 1 aromatic carbocycles. The lowest BCUT2D eigenvalue weighted by Gasteiger charge is -2.21. The van der Waals surface area contributed by atoms with E-state index in [9.17, 15) is 9.90 Å². The molecule has 0 bridgehead atoms. The zero-order chi connectivity index (χ0) is 17.3. The van der Waals surface area contributed by atoms with Crippen molar-refractivity contribution in [3.63, 3.8) is 0 Å². The van der Waals surface area contributed by atoms with Gasteiger partial charge in [0.2, 0.25) is 5.91 Å². The molecule has 0 aliphatic rings. The smallest absolute Gasteiger partial charge is 0.226 e. The standard InChI is InChI=1S/C18H21N3O3/c1-12-8-9-16(24-12)18(2,23)11-19-17(22)10-14-13-6-4-5-7-15(13)21(3)20-14/h4-9,23H,10-11H2,1-3H3,(H,19,22). The molecular formula is C18H21N3O3. The van der Waals surface area contributed by atoms with Gasteiger partial charge in [0.15, 0.2) is 0 Å². The highest BCUT2D eigenvalue weighted by Gasteiger charge is 2.27. The van der Waals surface area contributed by atoms with Crippen LogP contribution >= 0.6 is 0 Å². The van der Waals surface area contributed by atoms with Crippen LogP contribution in [0.1, 0.15) is 24.1 Å². The maximum absolute atomic E-state index is 12.2. The van der Waals surface area contributed by atoms with Crippen LogP contribution in [-0.4, -0.2) is 27.3 Å². The van der Waals surface area contributed by atoms with Gasteiger partial charge in [-0.3, -0.25) is 9.48 Å². The number of aliphatic hydroxyl groups is 1. The predicted molar refractivity (Wildman–Crippen MR) is 90.4 cm³/mol. The molecule has 0 spiro atoms. The van der Waals surface area contributed by atoms with E-state index >= 15 is 0 Å². The largest absolute Gasteiger partial charge is 0.463 e. The molecule has 0 saturated heterocycles. The number of aryl methyl sites for hydroxylation is 2. The maximum atomic E-state index is 12.2. The summed E-state index contributed by atoms with van der Waals surface area (Å²) in [4.78, 5) is 12.2. The van der Waals surface area contributed by atoms with Crippen LogP contribution in [0.4, 0.5) is 0 Å². The van der Waals surface area contributed by atoms with Gasteiger partial charge in [0.25, 0.3) is 0 Å². The summed E-state index contributed by atoms with van der Waals surface area (Å²) >= 11 is 0. The van der Waals surface area contributed by atoms with Gasteiger partial charge in [-0.2, -0.15) is 5.10 Å². The Kier molecular flexibility index (Phi) is 4.15. The molecule has 0 radical (unpaired) electrons. The van der Waals surface area contributed by atoms with Crippen LogP contribution in [-0.2, 0) is 23.9 Å². The number of hydrogen-bond donors (Lipinski definition) is 2. The fourth-order valence-corrected chi connectivity index (χ4v) is 2.72. The number of carbonyl (C=O) groups excluding carboxylic acids is 1. The van der Waals surface area contributed by atoms with E-state index in [0.29, 0.717) is 5.76 Å². The minimum Gasteiger partial charge on any atom is -0.463 e. The van der Waals surface area contributed by atoms with Crippen molar-refractivity contribution in [1.29, 1.82) is 0 Å². The van der Waals surface area contributed by atoms with E-state index in [4.69, 9.17) is 4.42 Å². The first-order valence-electron chi connectivity index (χ1n) is 7.83. The summed E-state index contributed by atoms with van der Waals surface area (Å²) in [5, 5.41) is 18.6. The van der Waals surface area contributed by atoms with Crippen LogP contribution < -0.4 is 5.32 Å². The van der Waals surface area contributed by atoms with E-state index in [1.54, 1.807) is 23.7 Å². The summed E-state index contributed by atoms with van der Waals surface area (Å²) in [7, 11) is 1.85. The Morgan fingerprint density at radius 2 is 2.08 bits per heavy atom. The Labute approximate surface area is 140 Å². The summed E-state index contributed by atoms with van der Waals surface area (Å²) in [6.45, 7) is 3.50. The third-order valence-corrected chi connectivity index (χ3v) is 4.06. The Morgan fingerprint density at radius 3 is 2.79 bits per heavy atom. The minimum absolute atomic E-state index is 0.0730. The van der Waals surface area contributed by atoms with Gasteiger partial charge in [0.1, 0.15) is 17.1 Å². The molecule has 1 amide bonds. The molecule has 0 fully saturated rings. The number of para-hydroxylation sites is 1. The number of amides is 1. The summed E-state index contributed by atoms with van der Waals surface area (Å²) in [6.07, 6.45) is 0.161. The second-order valence-corrected chi connectivity index (χ2v) is 6.23. The molecule has 6 heteroatoms. The SMILES string of the molecule is Cc1ccc(C(C)(O)CNC(=O)Cc2nn(C)c3ccccc23)o1. The average Bonchev–Trinajstić information content (AvgIpc) is 3.11. The zero-order valence-corrected chi connectivity index (χ0v) is 14.0. The highest BCUT2D eigenvalue weighted by molar-refractivity contribution is 5.87. The first-order chi connectivity index (χ1) is 11.4. The number of furan rings is 1. The van der Waals surface area contributed by atoms with Crippen LogP contribution in [0.2, 0.25) is 0 Å². The lowest BCUT2D eigenvalue weighted by molar-refractivity contribution is -0.121. The van der Waals surface area contributed by atoms with Crippen LogP contribution in [0.15, 0.2) is 40.8 Å². The van der Waals surface area contributed by atoms with Crippen molar-refractivity contribution in [3.05, 3.63) is 53.6 Å². The summed E-state index contributed by atoms with van der Waals surface area (Å²) in [6, 6.07) is 11.3.